The Morgan fingerprint density at radius 3 is 2.58 bits per heavy atom. The van der Waals surface area contributed by atoms with Crippen LogP contribution < -0.4 is 0 Å². The normalized spacial score (nSPS) is 17.3. The van der Waals surface area contributed by atoms with Crippen molar-refractivity contribution in [2.24, 2.45) is 0 Å². The third-order valence-electron chi connectivity index (χ3n) is 3.38. The van der Waals surface area contributed by atoms with Crippen LogP contribution in [0.3, 0.4) is 0 Å². The predicted octanol–water partition coefficient (Wildman–Crippen LogP) is 1.48. The molecule has 4 nitrogen and oxygen atoms in total. The topological polar surface area (TPSA) is 43.8 Å². The molecule has 1 saturated heterocycles. The minimum absolute atomic E-state index is 0.0579. The first kappa shape index (κ1) is 14.3. The number of nitrogens with zero attached hydrogens (tertiary/aromatic N) is 2. The van der Waals surface area contributed by atoms with Crippen LogP contribution in [0.1, 0.15) is 16.8 Å². The molecule has 1 aromatic carbocycles. The van der Waals surface area contributed by atoms with E-state index in [1.54, 1.807) is 24.3 Å². The minimum Gasteiger partial charge on any atom is -0.395 e. The van der Waals surface area contributed by atoms with Crippen molar-refractivity contribution >= 4 is 17.5 Å². The van der Waals surface area contributed by atoms with Crippen molar-refractivity contribution in [2.75, 3.05) is 39.3 Å². The van der Waals surface area contributed by atoms with Gasteiger partial charge in [-0.2, -0.15) is 0 Å². The summed E-state index contributed by atoms with van der Waals surface area (Å²) in [5.74, 6) is 0.0579. The van der Waals surface area contributed by atoms with Gasteiger partial charge in [-0.05, 0) is 37.2 Å². The maximum absolute atomic E-state index is 12.3. The van der Waals surface area contributed by atoms with Gasteiger partial charge in [0.1, 0.15) is 0 Å². The van der Waals surface area contributed by atoms with Crippen molar-refractivity contribution in [1.82, 2.24) is 9.80 Å². The molecule has 1 amide bonds. The van der Waals surface area contributed by atoms with Crippen LogP contribution in [0.25, 0.3) is 0 Å². The van der Waals surface area contributed by atoms with Crippen molar-refractivity contribution in [3.05, 3.63) is 34.9 Å². The van der Waals surface area contributed by atoms with Crippen molar-refractivity contribution < 1.29 is 9.90 Å². The molecule has 0 atom stereocenters. The van der Waals surface area contributed by atoms with E-state index < -0.39 is 0 Å². The van der Waals surface area contributed by atoms with Crippen molar-refractivity contribution in [2.45, 2.75) is 6.42 Å². The van der Waals surface area contributed by atoms with E-state index >= 15 is 0 Å². The van der Waals surface area contributed by atoms with Gasteiger partial charge in [-0.15, -0.1) is 0 Å². The lowest BCUT2D eigenvalue weighted by molar-refractivity contribution is 0.0760. The van der Waals surface area contributed by atoms with Crippen LogP contribution in [0, 0.1) is 0 Å². The number of hydrogen-bond acceptors (Lipinski definition) is 3. The Hall–Kier alpha value is -1.10. The van der Waals surface area contributed by atoms with E-state index in [2.05, 4.69) is 4.90 Å². The average Bonchev–Trinajstić information content (AvgIpc) is 2.65. The van der Waals surface area contributed by atoms with E-state index in [0.717, 1.165) is 26.1 Å². The SMILES string of the molecule is O=C(c1ccc(Cl)cc1)N1CCCN(CCO)CC1. The van der Waals surface area contributed by atoms with Crippen molar-refractivity contribution in [1.29, 1.82) is 0 Å². The number of carbonyl (C=O) groups excluding carboxylic acids is 1. The van der Waals surface area contributed by atoms with E-state index in [-0.39, 0.29) is 12.5 Å². The van der Waals surface area contributed by atoms with Crippen LogP contribution in [-0.4, -0.2) is 60.1 Å². The number of hydrogen-bond donors (Lipinski definition) is 1. The van der Waals surface area contributed by atoms with Gasteiger partial charge in [-0.25, -0.2) is 0 Å². The Morgan fingerprint density at radius 1 is 1.16 bits per heavy atom. The highest BCUT2D eigenvalue weighted by atomic mass is 35.5. The zero-order chi connectivity index (χ0) is 13.7. The van der Waals surface area contributed by atoms with Crippen molar-refractivity contribution in [3.63, 3.8) is 0 Å². The van der Waals surface area contributed by atoms with Gasteiger partial charge in [0.05, 0.1) is 6.61 Å². The highest BCUT2D eigenvalue weighted by Gasteiger charge is 2.19. The summed E-state index contributed by atoms with van der Waals surface area (Å²) in [4.78, 5) is 16.4. The molecule has 1 aliphatic heterocycles. The summed E-state index contributed by atoms with van der Waals surface area (Å²) in [6.07, 6.45) is 0.944. The molecule has 5 heteroatoms. The summed E-state index contributed by atoms with van der Waals surface area (Å²) in [5.41, 5.74) is 0.681. The third kappa shape index (κ3) is 3.93. The molecule has 19 heavy (non-hydrogen) atoms. The van der Waals surface area contributed by atoms with E-state index in [9.17, 15) is 4.79 Å². The summed E-state index contributed by atoms with van der Waals surface area (Å²) in [5, 5.41) is 9.60. The highest BCUT2D eigenvalue weighted by Crippen LogP contribution is 2.13. The quantitative estimate of drug-likeness (QED) is 0.913. The molecule has 1 aromatic rings. The molecule has 1 aliphatic rings. The molecule has 1 fully saturated rings. The Morgan fingerprint density at radius 2 is 1.89 bits per heavy atom. The predicted molar refractivity (Wildman–Crippen MR) is 75.5 cm³/mol. The molecule has 0 unspecified atom stereocenters. The molecule has 0 aliphatic carbocycles. The molecule has 1 heterocycles. The highest BCUT2D eigenvalue weighted by molar-refractivity contribution is 6.30. The lowest BCUT2D eigenvalue weighted by Gasteiger charge is -2.21. The maximum atomic E-state index is 12.3. The molecule has 0 aromatic heterocycles. The van der Waals surface area contributed by atoms with Crippen LogP contribution in [-0.2, 0) is 0 Å². The van der Waals surface area contributed by atoms with E-state index in [0.29, 0.717) is 23.7 Å². The van der Waals surface area contributed by atoms with Crippen LogP contribution in [0.2, 0.25) is 5.02 Å². The number of carbonyl (C=O) groups is 1. The molecule has 0 saturated carbocycles. The number of aliphatic hydroxyl groups excluding tert-OH is 1. The van der Waals surface area contributed by atoms with Gasteiger partial charge in [0, 0.05) is 36.8 Å². The van der Waals surface area contributed by atoms with Crippen LogP contribution in [0.4, 0.5) is 0 Å². The number of rotatable bonds is 3. The molecule has 0 radical (unpaired) electrons. The van der Waals surface area contributed by atoms with E-state index in [1.165, 1.54) is 0 Å². The molecule has 0 bridgehead atoms. The van der Waals surface area contributed by atoms with Gasteiger partial charge in [-0.1, -0.05) is 11.6 Å². The van der Waals surface area contributed by atoms with Crippen LogP contribution >= 0.6 is 11.6 Å². The molecular weight excluding hydrogens is 264 g/mol. The van der Waals surface area contributed by atoms with Gasteiger partial charge in [-0.3, -0.25) is 9.69 Å². The lowest BCUT2D eigenvalue weighted by atomic mass is 10.2. The standard InChI is InChI=1S/C14H19ClN2O2/c15-13-4-2-12(3-5-13)14(19)17-7-1-6-16(8-9-17)10-11-18/h2-5,18H,1,6-11H2. The van der Waals surface area contributed by atoms with Gasteiger partial charge >= 0.3 is 0 Å². The zero-order valence-electron chi connectivity index (χ0n) is 10.9. The first-order valence-corrected chi connectivity index (χ1v) is 6.96. The van der Waals surface area contributed by atoms with Gasteiger partial charge in [0.15, 0.2) is 0 Å². The average molecular weight is 283 g/mol. The molecule has 2 rings (SSSR count). The number of aliphatic hydroxyl groups is 1. The summed E-state index contributed by atoms with van der Waals surface area (Å²) >= 11 is 5.83. The van der Waals surface area contributed by atoms with Gasteiger partial charge in [0.2, 0.25) is 0 Å². The fourth-order valence-electron chi connectivity index (χ4n) is 2.31. The largest absolute Gasteiger partial charge is 0.395 e. The molecule has 0 spiro atoms. The Bertz CT molecular complexity index is 422. The number of benzene rings is 1. The van der Waals surface area contributed by atoms with Gasteiger partial charge in [0.25, 0.3) is 5.91 Å². The first-order chi connectivity index (χ1) is 9.20. The summed E-state index contributed by atoms with van der Waals surface area (Å²) in [7, 11) is 0. The minimum atomic E-state index is 0.0579. The van der Waals surface area contributed by atoms with E-state index in [4.69, 9.17) is 16.7 Å². The maximum Gasteiger partial charge on any atom is 0.253 e. The van der Waals surface area contributed by atoms with Crippen LogP contribution in [0.5, 0.6) is 0 Å². The summed E-state index contributed by atoms with van der Waals surface area (Å²) in [6.45, 7) is 4.09. The second kappa shape index (κ2) is 6.89. The summed E-state index contributed by atoms with van der Waals surface area (Å²) in [6, 6.07) is 7.01. The molecule has 104 valence electrons. The first-order valence-electron chi connectivity index (χ1n) is 6.59. The van der Waals surface area contributed by atoms with Crippen LogP contribution in [0.15, 0.2) is 24.3 Å². The Balaban J connectivity index is 1.98. The monoisotopic (exact) mass is 282 g/mol. The third-order valence-corrected chi connectivity index (χ3v) is 3.64. The number of amides is 1. The fourth-order valence-corrected chi connectivity index (χ4v) is 2.44. The molecule has 1 N–H and O–H groups in total. The Labute approximate surface area is 118 Å². The van der Waals surface area contributed by atoms with Gasteiger partial charge < -0.3 is 10.0 Å². The fraction of sp³-hybridized carbons (Fsp3) is 0.500. The molecular formula is C14H19ClN2O2. The van der Waals surface area contributed by atoms with E-state index in [1.807, 2.05) is 4.90 Å². The smallest absolute Gasteiger partial charge is 0.253 e. The number of halogens is 1. The lowest BCUT2D eigenvalue weighted by Crippen LogP contribution is -2.35. The second-order valence-electron chi connectivity index (χ2n) is 4.72. The van der Waals surface area contributed by atoms with Crippen molar-refractivity contribution in [3.8, 4) is 0 Å². The Kier molecular flexibility index (Phi) is 5.19. The summed E-state index contributed by atoms with van der Waals surface area (Å²) < 4.78 is 0. The second-order valence-corrected chi connectivity index (χ2v) is 5.15. The number of β-amino-alcohol motifs (C(OH)–C–C–N with tert-alkyl or cyclic N) is 1. The zero-order valence-corrected chi connectivity index (χ0v) is 11.6.